The Bertz CT molecular complexity index is 545. The molecule has 1 aliphatic heterocycles. The molecule has 0 spiro atoms. The molecule has 0 aromatic heterocycles. The summed E-state index contributed by atoms with van der Waals surface area (Å²) in [4.78, 5) is 26.4. The Morgan fingerprint density at radius 3 is 2.52 bits per heavy atom. The Balaban J connectivity index is 1.94. The van der Waals surface area contributed by atoms with E-state index in [9.17, 15) is 14.0 Å². The predicted molar refractivity (Wildman–Crippen MR) is 76.0 cm³/mol. The second-order valence-corrected chi connectivity index (χ2v) is 5.26. The van der Waals surface area contributed by atoms with E-state index in [1.165, 1.54) is 18.2 Å². The second-order valence-electron chi connectivity index (χ2n) is 4.88. The van der Waals surface area contributed by atoms with Crippen molar-refractivity contribution in [3.8, 4) is 0 Å². The summed E-state index contributed by atoms with van der Waals surface area (Å²) in [5.41, 5.74) is 0.163. The molecule has 0 bridgehead atoms. The normalized spacial score (nSPS) is 16.0. The highest BCUT2D eigenvalue weighted by Gasteiger charge is 2.24. The van der Waals surface area contributed by atoms with Gasteiger partial charge < -0.3 is 10.0 Å². The van der Waals surface area contributed by atoms with Crippen LogP contribution in [0.3, 0.4) is 0 Å². The molecule has 1 saturated heterocycles. The average Bonchev–Trinajstić information content (AvgIpc) is 2.48. The third-order valence-corrected chi connectivity index (χ3v) is 3.87. The molecule has 114 valence electrons. The molecule has 2 rings (SSSR count). The summed E-state index contributed by atoms with van der Waals surface area (Å²) in [6, 6.07) is 4.17. The van der Waals surface area contributed by atoms with E-state index in [0.29, 0.717) is 32.7 Å². The number of carbonyl (C=O) groups is 2. The highest BCUT2D eigenvalue weighted by Crippen LogP contribution is 2.21. The first-order valence-electron chi connectivity index (χ1n) is 6.66. The van der Waals surface area contributed by atoms with E-state index >= 15 is 0 Å². The van der Waals surface area contributed by atoms with E-state index in [-0.39, 0.29) is 22.9 Å². The highest BCUT2D eigenvalue weighted by atomic mass is 35.5. The summed E-state index contributed by atoms with van der Waals surface area (Å²) in [5, 5.41) is 8.49. The van der Waals surface area contributed by atoms with Crippen LogP contribution < -0.4 is 0 Å². The van der Waals surface area contributed by atoms with Crippen LogP contribution in [0.2, 0.25) is 5.02 Å². The summed E-state index contributed by atoms with van der Waals surface area (Å²) >= 11 is 5.82. The molecule has 1 N–H and O–H groups in total. The zero-order valence-corrected chi connectivity index (χ0v) is 12.1. The predicted octanol–water partition coefficient (Wildman–Crippen LogP) is 1.71. The molecule has 0 unspecified atom stereocenters. The van der Waals surface area contributed by atoms with Crippen LogP contribution in [0.4, 0.5) is 4.39 Å². The summed E-state index contributed by atoms with van der Waals surface area (Å²) in [7, 11) is 0. The van der Waals surface area contributed by atoms with Crippen LogP contribution in [0.1, 0.15) is 16.8 Å². The van der Waals surface area contributed by atoms with Crippen LogP contribution >= 0.6 is 11.6 Å². The van der Waals surface area contributed by atoms with Crippen LogP contribution in [-0.4, -0.2) is 59.5 Å². The first-order valence-corrected chi connectivity index (χ1v) is 7.04. The van der Waals surface area contributed by atoms with E-state index in [1.807, 2.05) is 4.90 Å². The summed E-state index contributed by atoms with van der Waals surface area (Å²) < 4.78 is 13.4. The molecule has 1 aromatic carbocycles. The van der Waals surface area contributed by atoms with E-state index < -0.39 is 11.8 Å². The van der Waals surface area contributed by atoms with Crippen LogP contribution in [0.15, 0.2) is 18.2 Å². The fraction of sp³-hybridized carbons (Fsp3) is 0.429. The van der Waals surface area contributed by atoms with Gasteiger partial charge in [0.25, 0.3) is 5.91 Å². The monoisotopic (exact) mass is 314 g/mol. The number of amides is 1. The maximum Gasteiger partial charge on any atom is 0.304 e. The molecule has 0 aliphatic carbocycles. The Kier molecular flexibility index (Phi) is 5.14. The van der Waals surface area contributed by atoms with Gasteiger partial charge in [-0.3, -0.25) is 14.5 Å². The molecule has 0 saturated carbocycles. The van der Waals surface area contributed by atoms with Crippen molar-refractivity contribution in [1.82, 2.24) is 9.80 Å². The van der Waals surface area contributed by atoms with Gasteiger partial charge in [0.1, 0.15) is 5.82 Å². The number of benzene rings is 1. The van der Waals surface area contributed by atoms with Crippen LogP contribution in [0.25, 0.3) is 0 Å². The number of hydrogen-bond acceptors (Lipinski definition) is 3. The zero-order valence-electron chi connectivity index (χ0n) is 11.4. The van der Waals surface area contributed by atoms with E-state index in [0.717, 1.165) is 0 Å². The van der Waals surface area contributed by atoms with Crippen LogP contribution in [0.5, 0.6) is 0 Å². The second kappa shape index (κ2) is 6.87. The molecule has 1 aromatic rings. The van der Waals surface area contributed by atoms with Gasteiger partial charge in [0.2, 0.25) is 0 Å². The molecule has 21 heavy (non-hydrogen) atoms. The smallest absolute Gasteiger partial charge is 0.304 e. The number of piperazine rings is 1. The Morgan fingerprint density at radius 1 is 1.24 bits per heavy atom. The van der Waals surface area contributed by atoms with Gasteiger partial charge in [-0.05, 0) is 12.1 Å². The van der Waals surface area contributed by atoms with Gasteiger partial charge in [-0.1, -0.05) is 17.7 Å². The summed E-state index contributed by atoms with van der Waals surface area (Å²) in [5.74, 6) is -1.74. The van der Waals surface area contributed by atoms with Gasteiger partial charge in [0, 0.05) is 32.7 Å². The van der Waals surface area contributed by atoms with Crippen molar-refractivity contribution in [1.29, 1.82) is 0 Å². The topological polar surface area (TPSA) is 60.9 Å². The lowest BCUT2D eigenvalue weighted by Gasteiger charge is -2.34. The Labute approximate surface area is 126 Å². The van der Waals surface area contributed by atoms with Gasteiger partial charge >= 0.3 is 5.97 Å². The lowest BCUT2D eigenvalue weighted by Crippen LogP contribution is -2.49. The molecule has 1 aliphatic rings. The Hall–Kier alpha value is -1.66. The van der Waals surface area contributed by atoms with Crippen molar-refractivity contribution in [2.45, 2.75) is 6.42 Å². The van der Waals surface area contributed by atoms with Crippen molar-refractivity contribution >= 4 is 23.5 Å². The molecule has 0 radical (unpaired) electrons. The van der Waals surface area contributed by atoms with Crippen molar-refractivity contribution < 1.29 is 19.1 Å². The van der Waals surface area contributed by atoms with Crippen molar-refractivity contribution in [3.63, 3.8) is 0 Å². The third-order valence-electron chi connectivity index (χ3n) is 3.48. The quantitative estimate of drug-likeness (QED) is 0.919. The Morgan fingerprint density at radius 2 is 1.90 bits per heavy atom. The van der Waals surface area contributed by atoms with Crippen molar-refractivity contribution in [2.24, 2.45) is 0 Å². The number of carbonyl (C=O) groups excluding carboxylic acids is 1. The molecule has 1 fully saturated rings. The molecule has 0 atom stereocenters. The third kappa shape index (κ3) is 3.92. The SMILES string of the molecule is O=C(O)CCN1CCN(C(=O)c2cccc(F)c2Cl)CC1. The largest absolute Gasteiger partial charge is 0.481 e. The van der Waals surface area contributed by atoms with Crippen molar-refractivity contribution in [3.05, 3.63) is 34.6 Å². The van der Waals surface area contributed by atoms with Gasteiger partial charge in [-0.25, -0.2) is 4.39 Å². The number of aliphatic carboxylic acids is 1. The number of carboxylic acids is 1. The molecule has 1 heterocycles. The van der Waals surface area contributed by atoms with E-state index in [2.05, 4.69) is 0 Å². The fourth-order valence-corrected chi connectivity index (χ4v) is 2.47. The first kappa shape index (κ1) is 15.7. The molecule has 5 nitrogen and oxygen atoms in total. The maximum atomic E-state index is 13.4. The van der Waals surface area contributed by atoms with Gasteiger partial charge in [0.15, 0.2) is 0 Å². The number of hydrogen-bond donors (Lipinski definition) is 1. The average molecular weight is 315 g/mol. The number of carboxylic acid groups (broad SMARTS) is 1. The first-order chi connectivity index (χ1) is 9.99. The van der Waals surface area contributed by atoms with Crippen LogP contribution in [-0.2, 0) is 4.79 Å². The fourth-order valence-electron chi connectivity index (χ4n) is 2.27. The minimum Gasteiger partial charge on any atom is -0.481 e. The minimum atomic E-state index is -0.833. The number of rotatable bonds is 4. The van der Waals surface area contributed by atoms with E-state index in [1.54, 1.807) is 4.90 Å². The van der Waals surface area contributed by atoms with Crippen molar-refractivity contribution in [2.75, 3.05) is 32.7 Å². The lowest BCUT2D eigenvalue weighted by atomic mass is 10.1. The number of halogens is 2. The van der Waals surface area contributed by atoms with Crippen LogP contribution in [0, 0.1) is 5.82 Å². The molecular formula is C14H16ClFN2O3. The lowest BCUT2D eigenvalue weighted by molar-refractivity contribution is -0.137. The highest BCUT2D eigenvalue weighted by molar-refractivity contribution is 6.34. The standard InChI is InChI=1S/C14H16ClFN2O3/c15-13-10(2-1-3-11(13)16)14(21)18-8-6-17(7-9-18)5-4-12(19)20/h1-3H,4-9H2,(H,19,20). The zero-order chi connectivity index (χ0) is 15.4. The number of nitrogens with zero attached hydrogens (tertiary/aromatic N) is 2. The molecule has 1 amide bonds. The summed E-state index contributed by atoms with van der Waals surface area (Å²) in [6.07, 6.45) is 0.0870. The van der Waals surface area contributed by atoms with E-state index in [4.69, 9.17) is 16.7 Å². The minimum absolute atomic E-state index is 0.0870. The maximum absolute atomic E-state index is 13.4. The van der Waals surface area contributed by atoms with Gasteiger partial charge in [-0.15, -0.1) is 0 Å². The molecule has 7 heteroatoms. The van der Waals surface area contributed by atoms with Gasteiger partial charge in [-0.2, -0.15) is 0 Å². The summed E-state index contributed by atoms with van der Waals surface area (Å²) in [6.45, 7) is 2.63. The molecular weight excluding hydrogens is 299 g/mol. The van der Waals surface area contributed by atoms with Gasteiger partial charge in [0.05, 0.1) is 17.0 Å².